The Bertz CT molecular complexity index is 1240. The van der Waals surface area contributed by atoms with Gasteiger partial charge in [0.25, 0.3) is 11.7 Å². The second-order valence-electron chi connectivity index (χ2n) is 8.47. The number of carbonyl (C=O) groups is 2. The molecule has 0 aliphatic carbocycles. The van der Waals surface area contributed by atoms with Crippen LogP contribution in [0.5, 0.6) is 5.75 Å². The number of ether oxygens (including phenoxy) is 1. The molecule has 6 heteroatoms. The fourth-order valence-electron chi connectivity index (χ4n) is 4.61. The number of fused-ring (bicyclic) bond motifs is 1. The van der Waals surface area contributed by atoms with Crippen molar-refractivity contribution in [1.29, 1.82) is 0 Å². The van der Waals surface area contributed by atoms with E-state index in [-0.39, 0.29) is 17.4 Å². The van der Waals surface area contributed by atoms with Crippen molar-refractivity contribution >= 4 is 17.4 Å². The van der Waals surface area contributed by atoms with Gasteiger partial charge in [-0.1, -0.05) is 36.4 Å². The average Bonchev–Trinajstić information content (AvgIpc) is 3.34. The van der Waals surface area contributed by atoms with Crippen LogP contribution in [0.25, 0.3) is 5.76 Å². The van der Waals surface area contributed by atoms with Crippen molar-refractivity contribution in [2.24, 2.45) is 0 Å². The number of ketones is 1. The Hall–Kier alpha value is -3.93. The van der Waals surface area contributed by atoms with E-state index >= 15 is 0 Å². The van der Waals surface area contributed by atoms with E-state index in [1.807, 2.05) is 49.4 Å². The molecule has 3 aromatic rings. The Morgan fingerprint density at radius 1 is 1.12 bits per heavy atom. The first-order valence-corrected chi connectivity index (χ1v) is 11.0. The van der Waals surface area contributed by atoms with E-state index in [2.05, 4.69) is 4.98 Å². The van der Waals surface area contributed by atoms with Crippen LogP contribution in [-0.4, -0.2) is 39.3 Å². The minimum atomic E-state index is -0.703. The van der Waals surface area contributed by atoms with E-state index < -0.39 is 17.7 Å². The van der Waals surface area contributed by atoms with Gasteiger partial charge in [-0.2, -0.15) is 0 Å². The van der Waals surface area contributed by atoms with Gasteiger partial charge >= 0.3 is 0 Å². The van der Waals surface area contributed by atoms with Crippen LogP contribution in [0.15, 0.2) is 78.6 Å². The fourth-order valence-corrected chi connectivity index (χ4v) is 4.61. The lowest BCUT2D eigenvalue weighted by molar-refractivity contribution is -0.139. The summed E-state index contributed by atoms with van der Waals surface area (Å²) >= 11 is 0. The van der Waals surface area contributed by atoms with Gasteiger partial charge < -0.3 is 14.7 Å². The number of hydrogen-bond acceptors (Lipinski definition) is 5. The number of aliphatic hydroxyl groups is 1. The summed E-state index contributed by atoms with van der Waals surface area (Å²) < 4.78 is 5.75. The number of hydrogen-bond donors (Lipinski definition) is 1. The molecular weight excluding hydrogens is 416 g/mol. The number of likely N-dealkylation sites (tertiary alicyclic amines) is 1. The summed E-state index contributed by atoms with van der Waals surface area (Å²) in [7, 11) is 0. The molecule has 2 aromatic carbocycles. The van der Waals surface area contributed by atoms with Crippen molar-refractivity contribution in [2.45, 2.75) is 31.9 Å². The minimum Gasteiger partial charge on any atom is -0.507 e. The van der Waals surface area contributed by atoms with Gasteiger partial charge in [-0.25, -0.2) is 0 Å². The van der Waals surface area contributed by atoms with Gasteiger partial charge in [0, 0.05) is 30.9 Å². The molecule has 1 amide bonds. The van der Waals surface area contributed by atoms with Crippen molar-refractivity contribution in [3.8, 4) is 5.75 Å². The van der Waals surface area contributed by atoms with Gasteiger partial charge in [0.2, 0.25) is 0 Å². The first-order valence-electron chi connectivity index (χ1n) is 11.0. The van der Waals surface area contributed by atoms with E-state index in [1.165, 1.54) is 4.90 Å². The number of aromatic nitrogens is 1. The summed E-state index contributed by atoms with van der Waals surface area (Å²) in [6, 6.07) is 18.1. The summed E-state index contributed by atoms with van der Waals surface area (Å²) in [6.07, 6.45) is 4.67. The van der Waals surface area contributed by atoms with E-state index in [0.717, 1.165) is 23.3 Å². The fraction of sp³-hybridized carbons (Fsp3) is 0.222. The number of amides is 1. The number of aliphatic hydroxyl groups excluding tert-OH is 1. The Kier molecular flexibility index (Phi) is 5.42. The van der Waals surface area contributed by atoms with Crippen LogP contribution in [0.4, 0.5) is 0 Å². The highest BCUT2D eigenvalue weighted by molar-refractivity contribution is 6.46. The second kappa shape index (κ2) is 8.54. The number of Topliss-reactive ketones (excluding diaryl/α,β-unsaturated/α-hetero) is 1. The van der Waals surface area contributed by atoms with Crippen molar-refractivity contribution in [2.75, 3.05) is 6.54 Å². The highest BCUT2D eigenvalue weighted by atomic mass is 16.5. The average molecular weight is 440 g/mol. The second-order valence-corrected chi connectivity index (χ2v) is 8.47. The van der Waals surface area contributed by atoms with Gasteiger partial charge in [0.05, 0.1) is 11.6 Å². The smallest absolute Gasteiger partial charge is 0.295 e. The molecule has 5 rings (SSSR count). The molecule has 2 atom stereocenters. The molecule has 0 bridgehead atoms. The first-order chi connectivity index (χ1) is 16.0. The van der Waals surface area contributed by atoms with Crippen LogP contribution < -0.4 is 4.74 Å². The highest BCUT2D eigenvalue weighted by Crippen LogP contribution is 2.40. The summed E-state index contributed by atoms with van der Waals surface area (Å²) in [4.78, 5) is 32.0. The predicted octanol–water partition coefficient (Wildman–Crippen LogP) is 4.07. The molecule has 2 aliphatic heterocycles. The van der Waals surface area contributed by atoms with Crippen LogP contribution in [0.3, 0.4) is 0 Å². The molecule has 2 aliphatic rings. The summed E-state index contributed by atoms with van der Waals surface area (Å²) in [5.74, 6) is -0.683. The molecule has 166 valence electrons. The van der Waals surface area contributed by atoms with Gasteiger partial charge in [-0.15, -0.1) is 0 Å². The Morgan fingerprint density at radius 3 is 2.70 bits per heavy atom. The third-order valence-corrected chi connectivity index (χ3v) is 6.19. The monoisotopic (exact) mass is 440 g/mol. The molecule has 0 unspecified atom stereocenters. The van der Waals surface area contributed by atoms with Gasteiger partial charge in [0.15, 0.2) is 0 Å². The van der Waals surface area contributed by atoms with Crippen molar-refractivity contribution < 1.29 is 19.4 Å². The maximum Gasteiger partial charge on any atom is 0.295 e. The summed E-state index contributed by atoms with van der Waals surface area (Å²) in [5.41, 5.74) is 3.32. The number of rotatable bonds is 5. The zero-order valence-corrected chi connectivity index (χ0v) is 18.3. The molecule has 3 heterocycles. The van der Waals surface area contributed by atoms with Gasteiger partial charge in [-0.05, 0) is 54.3 Å². The lowest BCUT2D eigenvalue weighted by Crippen LogP contribution is -2.31. The van der Waals surface area contributed by atoms with E-state index in [0.29, 0.717) is 24.1 Å². The third kappa shape index (κ3) is 3.89. The number of carbonyl (C=O) groups excluding carboxylic acids is 2. The van der Waals surface area contributed by atoms with Crippen LogP contribution in [0, 0.1) is 0 Å². The van der Waals surface area contributed by atoms with Gasteiger partial charge in [-0.3, -0.25) is 14.6 Å². The minimum absolute atomic E-state index is 0.0661. The molecule has 1 fully saturated rings. The molecule has 1 saturated heterocycles. The Labute approximate surface area is 192 Å². The van der Waals surface area contributed by atoms with Crippen molar-refractivity contribution in [3.05, 3.63) is 101 Å². The van der Waals surface area contributed by atoms with Gasteiger partial charge in [0.1, 0.15) is 17.6 Å². The maximum atomic E-state index is 13.2. The largest absolute Gasteiger partial charge is 0.507 e. The molecular formula is C27H24N2O4. The summed E-state index contributed by atoms with van der Waals surface area (Å²) in [6.45, 7) is 2.33. The van der Waals surface area contributed by atoms with E-state index in [4.69, 9.17) is 4.74 Å². The number of nitrogens with zero attached hydrogens (tertiary/aromatic N) is 2. The van der Waals surface area contributed by atoms with Crippen molar-refractivity contribution in [3.63, 3.8) is 0 Å². The molecule has 0 spiro atoms. The quantitative estimate of drug-likeness (QED) is 0.368. The van der Waals surface area contributed by atoms with Crippen molar-refractivity contribution in [1.82, 2.24) is 9.88 Å². The normalized spacial score (nSPS) is 21.2. The van der Waals surface area contributed by atoms with Crippen LogP contribution >= 0.6 is 0 Å². The molecule has 0 saturated carbocycles. The number of pyridine rings is 1. The Morgan fingerprint density at radius 2 is 1.94 bits per heavy atom. The first kappa shape index (κ1) is 20.9. The number of benzene rings is 2. The molecule has 0 radical (unpaired) electrons. The van der Waals surface area contributed by atoms with Crippen LogP contribution in [-0.2, 0) is 22.4 Å². The molecule has 1 aromatic heterocycles. The van der Waals surface area contributed by atoms with E-state index in [1.54, 1.807) is 30.6 Å². The lowest BCUT2D eigenvalue weighted by Gasteiger charge is -2.25. The summed E-state index contributed by atoms with van der Waals surface area (Å²) in [5, 5.41) is 11.3. The van der Waals surface area contributed by atoms with Crippen LogP contribution in [0.2, 0.25) is 0 Å². The lowest BCUT2D eigenvalue weighted by atomic mass is 9.95. The maximum absolute atomic E-state index is 13.2. The topological polar surface area (TPSA) is 79.7 Å². The van der Waals surface area contributed by atoms with E-state index in [9.17, 15) is 14.7 Å². The highest BCUT2D eigenvalue weighted by Gasteiger charge is 2.46. The third-order valence-electron chi connectivity index (χ3n) is 6.19. The molecule has 1 N–H and O–H groups in total. The molecule has 33 heavy (non-hydrogen) atoms. The Balaban J connectivity index is 1.56. The molecule has 6 nitrogen and oxygen atoms in total. The zero-order valence-electron chi connectivity index (χ0n) is 18.3. The standard InChI is InChI=1S/C27H24N2O4/c1-17-14-21-15-19(9-10-22(21)33-17)25(30)23-24(20-8-5-12-28-16-20)29(27(32)26(23)31)13-11-18-6-3-2-4-7-18/h2-10,12,15-17,24,30H,11,13-14H2,1H3/t17-,24+/m1/s1. The SMILES string of the molecule is C[C@@H]1Cc2cc(C(O)=C3C(=O)C(=O)N(CCc4ccccc4)[C@H]3c3cccnc3)ccc2O1. The van der Waals surface area contributed by atoms with Crippen LogP contribution in [0.1, 0.15) is 35.2 Å². The zero-order chi connectivity index (χ0) is 22.9. The predicted molar refractivity (Wildman–Crippen MR) is 124 cm³/mol.